The zero-order valence-corrected chi connectivity index (χ0v) is 16.0. The molecule has 0 saturated carbocycles. The second-order valence-corrected chi connectivity index (χ2v) is 8.28. The van der Waals surface area contributed by atoms with Crippen LogP contribution in [-0.2, 0) is 5.41 Å². The van der Waals surface area contributed by atoms with E-state index in [1.165, 1.54) is 26.8 Å². The van der Waals surface area contributed by atoms with Gasteiger partial charge in [-0.15, -0.1) is 0 Å². The monoisotopic (exact) mass is 405 g/mol. The Labute approximate surface area is 159 Å². The van der Waals surface area contributed by atoms with Crippen molar-refractivity contribution in [2.75, 3.05) is 0 Å². The Morgan fingerprint density at radius 3 is 2.42 bits per heavy atom. The summed E-state index contributed by atoms with van der Waals surface area (Å²) in [6, 6.07) is 18.4. The highest BCUT2D eigenvalue weighted by Gasteiger charge is 2.36. The van der Waals surface area contributed by atoms with Crippen LogP contribution in [0.1, 0.15) is 25.0 Å². The van der Waals surface area contributed by atoms with Crippen LogP contribution in [0.5, 0.6) is 0 Å². The van der Waals surface area contributed by atoms with Gasteiger partial charge in [-0.3, -0.25) is 0 Å². The van der Waals surface area contributed by atoms with Crippen molar-refractivity contribution in [2.45, 2.75) is 19.3 Å². The van der Waals surface area contributed by atoms with Crippen LogP contribution < -0.4 is 0 Å². The standard InChI is InChI=1S/C22H16BrNO2/c1-22(2)17-6-4-3-5-13(17)14-10-16-15-9-12(23)7-8-19(15)24(21(25)26)20(16)11-18(14)22/h3-11H,1-2H3,(H,25,26). The summed E-state index contributed by atoms with van der Waals surface area (Å²) in [6.07, 6.45) is -0.958. The first-order chi connectivity index (χ1) is 12.4. The molecule has 0 radical (unpaired) electrons. The molecule has 3 aromatic carbocycles. The van der Waals surface area contributed by atoms with Gasteiger partial charge in [-0.25, -0.2) is 9.36 Å². The molecule has 26 heavy (non-hydrogen) atoms. The molecule has 0 fully saturated rings. The Balaban J connectivity index is 1.99. The molecule has 0 spiro atoms. The number of nitrogens with zero attached hydrogens (tertiary/aromatic N) is 1. The van der Waals surface area contributed by atoms with Gasteiger partial charge in [0, 0.05) is 20.7 Å². The molecular formula is C22H16BrNO2. The molecule has 0 unspecified atom stereocenters. The number of benzene rings is 3. The summed E-state index contributed by atoms with van der Waals surface area (Å²) >= 11 is 3.51. The molecule has 0 aliphatic heterocycles. The van der Waals surface area contributed by atoms with Crippen molar-refractivity contribution in [3.8, 4) is 11.1 Å². The Kier molecular flexibility index (Phi) is 3.00. The predicted molar refractivity (Wildman–Crippen MR) is 108 cm³/mol. The van der Waals surface area contributed by atoms with Gasteiger partial charge in [0.05, 0.1) is 11.0 Å². The number of fused-ring (bicyclic) bond motifs is 6. The minimum atomic E-state index is -0.958. The van der Waals surface area contributed by atoms with Crippen molar-refractivity contribution in [1.29, 1.82) is 0 Å². The molecule has 1 aromatic heterocycles. The van der Waals surface area contributed by atoms with E-state index in [4.69, 9.17) is 0 Å². The van der Waals surface area contributed by atoms with Crippen LogP contribution >= 0.6 is 15.9 Å². The van der Waals surface area contributed by atoms with Gasteiger partial charge in [-0.1, -0.05) is 54.0 Å². The van der Waals surface area contributed by atoms with Crippen LogP contribution in [0.3, 0.4) is 0 Å². The van der Waals surface area contributed by atoms with Crippen LogP contribution in [0.25, 0.3) is 32.9 Å². The van der Waals surface area contributed by atoms with Crippen molar-refractivity contribution < 1.29 is 9.90 Å². The molecule has 1 aliphatic rings. The highest BCUT2D eigenvalue weighted by Crippen LogP contribution is 2.50. The molecule has 1 N–H and O–H groups in total. The van der Waals surface area contributed by atoms with E-state index in [1.807, 2.05) is 18.2 Å². The summed E-state index contributed by atoms with van der Waals surface area (Å²) in [7, 11) is 0. The smallest absolute Gasteiger partial charge is 0.416 e. The number of hydrogen-bond donors (Lipinski definition) is 1. The largest absolute Gasteiger partial charge is 0.464 e. The molecule has 0 saturated heterocycles. The first kappa shape index (κ1) is 15.6. The van der Waals surface area contributed by atoms with E-state index in [0.717, 1.165) is 20.8 Å². The molecule has 1 aliphatic carbocycles. The van der Waals surface area contributed by atoms with E-state index in [0.29, 0.717) is 5.52 Å². The summed E-state index contributed by atoms with van der Waals surface area (Å²) in [5.74, 6) is 0. The van der Waals surface area contributed by atoms with Gasteiger partial charge in [0.15, 0.2) is 0 Å². The lowest BCUT2D eigenvalue weighted by Crippen LogP contribution is -2.15. The number of hydrogen-bond acceptors (Lipinski definition) is 1. The third kappa shape index (κ3) is 1.85. The van der Waals surface area contributed by atoms with E-state index < -0.39 is 6.09 Å². The van der Waals surface area contributed by atoms with Crippen molar-refractivity contribution in [2.24, 2.45) is 0 Å². The minimum absolute atomic E-state index is 0.152. The minimum Gasteiger partial charge on any atom is -0.464 e. The van der Waals surface area contributed by atoms with Crippen molar-refractivity contribution in [1.82, 2.24) is 4.57 Å². The summed E-state index contributed by atoms with van der Waals surface area (Å²) in [6.45, 7) is 4.40. The quantitative estimate of drug-likeness (QED) is 0.368. The number of carbonyl (C=O) groups is 1. The summed E-state index contributed by atoms with van der Waals surface area (Å²) in [4.78, 5) is 12.0. The fourth-order valence-corrected chi connectivity index (χ4v) is 4.75. The van der Waals surface area contributed by atoms with Crippen LogP contribution in [0.4, 0.5) is 4.79 Å². The average Bonchev–Trinajstić information content (AvgIpc) is 3.04. The summed E-state index contributed by atoms with van der Waals surface area (Å²) < 4.78 is 2.34. The summed E-state index contributed by atoms with van der Waals surface area (Å²) in [5.41, 5.74) is 6.20. The molecule has 3 nitrogen and oxygen atoms in total. The van der Waals surface area contributed by atoms with Crippen LogP contribution in [-0.4, -0.2) is 15.8 Å². The lowest BCUT2D eigenvalue weighted by molar-refractivity contribution is 0.198. The van der Waals surface area contributed by atoms with Gasteiger partial charge in [0.1, 0.15) is 0 Å². The molecular weight excluding hydrogens is 390 g/mol. The fourth-order valence-electron chi connectivity index (χ4n) is 4.39. The Hall–Kier alpha value is -2.59. The maximum Gasteiger partial charge on any atom is 0.416 e. The SMILES string of the molecule is CC1(C)c2ccccc2-c2cc3c4cc(Br)ccc4n(C(=O)O)c3cc21. The van der Waals surface area contributed by atoms with Gasteiger partial charge in [0.25, 0.3) is 0 Å². The van der Waals surface area contributed by atoms with Crippen LogP contribution in [0, 0.1) is 0 Å². The first-order valence-electron chi connectivity index (χ1n) is 8.51. The summed E-state index contributed by atoms with van der Waals surface area (Å²) in [5, 5.41) is 11.8. The second-order valence-electron chi connectivity index (χ2n) is 7.36. The van der Waals surface area contributed by atoms with Gasteiger partial charge in [-0.05, 0) is 52.6 Å². The molecule has 1 heterocycles. The fraction of sp³-hybridized carbons (Fsp3) is 0.136. The average molecular weight is 406 g/mol. The third-order valence-corrected chi connectivity index (χ3v) is 6.11. The second kappa shape index (κ2) is 4.98. The van der Waals surface area contributed by atoms with E-state index >= 15 is 0 Å². The number of aromatic nitrogens is 1. The van der Waals surface area contributed by atoms with Crippen LogP contribution in [0.15, 0.2) is 59.1 Å². The number of halogens is 1. The number of rotatable bonds is 0. The van der Waals surface area contributed by atoms with E-state index in [-0.39, 0.29) is 5.41 Å². The molecule has 0 atom stereocenters. The molecule has 0 bridgehead atoms. The van der Waals surface area contributed by atoms with E-state index in [2.05, 4.69) is 66.2 Å². The predicted octanol–water partition coefficient (Wildman–Crippen LogP) is 6.39. The highest BCUT2D eigenvalue weighted by atomic mass is 79.9. The normalized spacial score (nSPS) is 14.6. The maximum atomic E-state index is 12.0. The van der Waals surface area contributed by atoms with Gasteiger partial charge >= 0.3 is 6.09 Å². The van der Waals surface area contributed by atoms with Gasteiger partial charge in [-0.2, -0.15) is 0 Å². The van der Waals surface area contributed by atoms with Gasteiger partial charge < -0.3 is 5.11 Å². The van der Waals surface area contributed by atoms with Crippen molar-refractivity contribution in [3.05, 3.63) is 70.2 Å². The van der Waals surface area contributed by atoms with Crippen molar-refractivity contribution in [3.63, 3.8) is 0 Å². The molecule has 0 amide bonds. The number of carboxylic acid groups (broad SMARTS) is 1. The zero-order valence-electron chi connectivity index (χ0n) is 14.4. The molecule has 128 valence electrons. The topological polar surface area (TPSA) is 42.2 Å². The van der Waals surface area contributed by atoms with Crippen LogP contribution in [0.2, 0.25) is 0 Å². The Morgan fingerprint density at radius 1 is 0.923 bits per heavy atom. The highest BCUT2D eigenvalue weighted by molar-refractivity contribution is 9.10. The Bertz CT molecular complexity index is 1250. The van der Waals surface area contributed by atoms with E-state index in [9.17, 15) is 9.90 Å². The van der Waals surface area contributed by atoms with Crippen molar-refractivity contribution >= 4 is 43.8 Å². The van der Waals surface area contributed by atoms with E-state index in [1.54, 1.807) is 0 Å². The molecule has 4 heteroatoms. The lowest BCUT2D eigenvalue weighted by atomic mass is 9.82. The third-order valence-electron chi connectivity index (χ3n) is 5.62. The maximum absolute atomic E-state index is 12.0. The zero-order chi connectivity index (χ0) is 18.2. The molecule has 4 aromatic rings. The lowest BCUT2D eigenvalue weighted by Gasteiger charge is -2.21. The molecule has 5 rings (SSSR count). The van der Waals surface area contributed by atoms with Gasteiger partial charge in [0.2, 0.25) is 0 Å². The Morgan fingerprint density at radius 2 is 1.65 bits per heavy atom. The first-order valence-corrected chi connectivity index (χ1v) is 9.30.